The Morgan fingerprint density at radius 1 is 1.00 bits per heavy atom. The zero-order chi connectivity index (χ0) is 22.9. The van der Waals surface area contributed by atoms with Crippen molar-refractivity contribution in [1.29, 1.82) is 0 Å². The molecular formula is C25H23ClN4O2S. The molecule has 0 N–H and O–H groups in total. The minimum Gasteiger partial charge on any atom is -0.308 e. The number of thiazole rings is 1. The lowest BCUT2D eigenvalue weighted by molar-refractivity contribution is -0.113. The molecule has 4 aromatic rings. The summed E-state index contributed by atoms with van der Waals surface area (Å²) in [5.74, 6) is 0.313. The number of aromatic nitrogens is 3. The molecule has 1 aliphatic heterocycles. The van der Waals surface area contributed by atoms with Gasteiger partial charge in [-0.05, 0) is 24.6 Å². The largest absolute Gasteiger partial charge is 0.308 e. The third kappa shape index (κ3) is 3.96. The van der Waals surface area contributed by atoms with E-state index in [9.17, 15) is 9.59 Å². The van der Waals surface area contributed by atoms with Crippen LogP contribution in [0.2, 0.25) is 5.02 Å². The van der Waals surface area contributed by atoms with Crippen molar-refractivity contribution in [2.24, 2.45) is 0 Å². The number of hydrogen-bond donors (Lipinski definition) is 0. The van der Waals surface area contributed by atoms with E-state index in [1.165, 1.54) is 35.1 Å². The highest BCUT2D eigenvalue weighted by Crippen LogP contribution is 2.35. The van der Waals surface area contributed by atoms with Gasteiger partial charge >= 0.3 is 0 Å². The number of halogens is 1. The number of fused-ring (bicyclic) bond motifs is 2. The number of carbonyl (C=O) groups excluding carboxylic acids is 1. The third-order valence-corrected chi connectivity index (χ3v) is 7.14. The van der Waals surface area contributed by atoms with Gasteiger partial charge in [-0.3, -0.25) is 9.59 Å². The van der Waals surface area contributed by atoms with Crippen molar-refractivity contribution >= 4 is 45.1 Å². The van der Waals surface area contributed by atoms with E-state index >= 15 is 0 Å². The molecule has 0 unspecified atom stereocenters. The molecular weight excluding hydrogens is 456 g/mol. The van der Waals surface area contributed by atoms with E-state index in [1.54, 1.807) is 12.1 Å². The molecule has 0 spiro atoms. The lowest BCUT2D eigenvalue weighted by atomic mass is 10.1. The van der Waals surface area contributed by atoms with E-state index in [0.29, 0.717) is 32.5 Å². The second-order valence-corrected chi connectivity index (χ2v) is 9.55. The molecule has 33 heavy (non-hydrogen) atoms. The number of para-hydroxylation sites is 1. The summed E-state index contributed by atoms with van der Waals surface area (Å²) in [5.41, 5.74) is 2.53. The monoisotopic (exact) mass is 478 g/mol. The van der Waals surface area contributed by atoms with E-state index in [1.807, 2.05) is 41.3 Å². The van der Waals surface area contributed by atoms with Crippen molar-refractivity contribution in [1.82, 2.24) is 14.6 Å². The normalized spacial score (nSPS) is 15.0. The van der Waals surface area contributed by atoms with Gasteiger partial charge in [0.05, 0.1) is 11.3 Å². The maximum absolute atomic E-state index is 13.5. The zero-order valence-electron chi connectivity index (χ0n) is 18.3. The number of nitrogens with zero attached hydrogens (tertiary/aromatic N) is 4. The van der Waals surface area contributed by atoms with Crippen molar-refractivity contribution in [2.75, 3.05) is 11.4 Å². The van der Waals surface area contributed by atoms with Gasteiger partial charge in [-0.15, -0.1) is 5.10 Å². The first-order chi connectivity index (χ1) is 16.1. The van der Waals surface area contributed by atoms with Gasteiger partial charge in [0.15, 0.2) is 5.82 Å². The van der Waals surface area contributed by atoms with Gasteiger partial charge in [0, 0.05) is 22.7 Å². The average molecular weight is 479 g/mol. The molecule has 2 aromatic carbocycles. The average Bonchev–Trinajstić information content (AvgIpc) is 3.45. The molecule has 1 amide bonds. The summed E-state index contributed by atoms with van der Waals surface area (Å²) in [6.07, 6.45) is 5.59. The molecule has 0 fully saturated rings. The number of hydrogen-bond acceptors (Lipinski definition) is 5. The molecule has 3 heterocycles. The first-order valence-electron chi connectivity index (χ1n) is 11.2. The minimum absolute atomic E-state index is 0.122. The van der Waals surface area contributed by atoms with Gasteiger partial charge in [0.25, 0.3) is 11.5 Å². The maximum atomic E-state index is 13.5. The molecule has 6 nitrogen and oxygen atoms in total. The molecule has 0 radical (unpaired) electrons. The van der Waals surface area contributed by atoms with Gasteiger partial charge in [0.1, 0.15) is 4.53 Å². The van der Waals surface area contributed by atoms with Crippen molar-refractivity contribution in [3.63, 3.8) is 0 Å². The van der Waals surface area contributed by atoms with Crippen LogP contribution in [0, 0.1) is 0 Å². The van der Waals surface area contributed by atoms with Crippen molar-refractivity contribution < 1.29 is 4.79 Å². The number of amides is 1. The molecule has 0 saturated heterocycles. The van der Waals surface area contributed by atoms with Gasteiger partial charge in [-0.2, -0.15) is 9.50 Å². The number of anilines is 1. The van der Waals surface area contributed by atoms with Crippen molar-refractivity contribution in [3.05, 3.63) is 74.0 Å². The molecule has 168 valence electrons. The zero-order valence-corrected chi connectivity index (χ0v) is 19.8. The standard InChI is InChI=1S/C25H23ClN4O2S/c1-2-3-4-5-8-14-29-19-13-7-6-12-18(19)20(23(29)31)21-24(32)30-25(33-21)27-22(28-30)16-10-9-11-17(26)15-16/h6-7,9-13,15H,2-5,8,14H2,1H3/b21-20-. The lowest BCUT2D eigenvalue weighted by Gasteiger charge is -2.16. The Morgan fingerprint density at radius 2 is 1.82 bits per heavy atom. The maximum Gasteiger partial charge on any atom is 0.291 e. The van der Waals surface area contributed by atoms with Crippen LogP contribution in [0.3, 0.4) is 0 Å². The van der Waals surface area contributed by atoms with Crippen molar-refractivity contribution in [2.45, 2.75) is 39.0 Å². The Balaban J connectivity index is 1.55. The summed E-state index contributed by atoms with van der Waals surface area (Å²) in [4.78, 5) is 33.5. The first-order valence-corrected chi connectivity index (χ1v) is 12.4. The molecule has 0 aliphatic carbocycles. The van der Waals surface area contributed by atoms with Crippen LogP contribution in [0.1, 0.15) is 44.6 Å². The van der Waals surface area contributed by atoms with E-state index in [4.69, 9.17) is 11.6 Å². The predicted octanol–water partition coefficient (Wildman–Crippen LogP) is 4.71. The summed E-state index contributed by atoms with van der Waals surface area (Å²) >= 11 is 7.29. The van der Waals surface area contributed by atoms with Crippen LogP contribution in [0.5, 0.6) is 0 Å². The molecule has 8 heteroatoms. The Bertz CT molecular complexity index is 1460. The van der Waals surface area contributed by atoms with Crippen LogP contribution in [-0.4, -0.2) is 27.0 Å². The molecule has 2 aromatic heterocycles. The fourth-order valence-corrected chi connectivity index (χ4v) is 5.42. The van der Waals surface area contributed by atoms with E-state index in [-0.39, 0.29) is 11.5 Å². The summed E-state index contributed by atoms with van der Waals surface area (Å²) in [6, 6.07) is 14.9. The SMILES string of the molecule is CCCCCCCN1C(=O)/C(=c2\sc3nc(-c4cccc(Cl)c4)nn3c2=O)c2ccccc21. The molecule has 1 aliphatic rings. The quantitative estimate of drug-likeness (QED) is 0.361. The molecule has 5 rings (SSSR count). The van der Waals surface area contributed by atoms with Gasteiger partial charge in [-0.25, -0.2) is 0 Å². The molecule has 0 saturated carbocycles. The highest BCUT2D eigenvalue weighted by atomic mass is 35.5. The minimum atomic E-state index is -0.321. The number of carbonyl (C=O) groups is 1. The first kappa shape index (κ1) is 21.8. The van der Waals surface area contributed by atoms with Gasteiger partial charge in [-0.1, -0.05) is 85.9 Å². The Morgan fingerprint density at radius 3 is 2.61 bits per heavy atom. The fraction of sp³-hybridized carbons (Fsp3) is 0.280. The number of benzene rings is 2. The summed E-state index contributed by atoms with van der Waals surface area (Å²) in [7, 11) is 0. The Labute approximate surface area is 200 Å². The predicted molar refractivity (Wildman–Crippen MR) is 133 cm³/mol. The van der Waals surface area contributed by atoms with Crippen LogP contribution in [-0.2, 0) is 4.79 Å². The smallest absolute Gasteiger partial charge is 0.291 e. The highest BCUT2D eigenvalue weighted by molar-refractivity contribution is 7.15. The van der Waals surface area contributed by atoms with Crippen LogP contribution in [0.15, 0.2) is 53.3 Å². The highest BCUT2D eigenvalue weighted by Gasteiger charge is 2.33. The van der Waals surface area contributed by atoms with Crippen LogP contribution < -0.4 is 15.0 Å². The Hall–Kier alpha value is -3.03. The van der Waals surface area contributed by atoms with Crippen LogP contribution in [0.4, 0.5) is 5.69 Å². The van der Waals surface area contributed by atoms with E-state index < -0.39 is 0 Å². The summed E-state index contributed by atoms with van der Waals surface area (Å²) in [5, 5.41) is 4.98. The van der Waals surface area contributed by atoms with Crippen molar-refractivity contribution in [3.8, 4) is 11.4 Å². The van der Waals surface area contributed by atoms with E-state index in [2.05, 4.69) is 17.0 Å². The van der Waals surface area contributed by atoms with Gasteiger partial charge in [0.2, 0.25) is 4.96 Å². The van der Waals surface area contributed by atoms with Crippen LogP contribution >= 0.6 is 22.9 Å². The molecule has 0 bridgehead atoms. The summed E-state index contributed by atoms with van der Waals surface area (Å²) in [6.45, 7) is 2.84. The summed E-state index contributed by atoms with van der Waals surface area (Å²) < 4.78 is 1.67. The topological polar surface area (TPSA) is 67.6 Å². The van der Waals surface area contributed by atoms with Gasteiger partial charge < -0.3 is 4.90 Å². The Kier molecular flexibility index (Phi) is 6.00. The van der Waals surface area contributed by atoms with Crippen LogP contribution in [0.25, 0.3) is 21.9 Å². The number of rotatable bonds is 7. The lowest BCUT2D eigenvalue weighted by Crippen LogP contribution is -2.33. The number of unbranched alkanes of at least 4 members (excludes halogenated alkanes) is 4. The second-order valence-electron chi connectivity index (χ2n) is 8.14. The second kappa shape index (κ2) is 9.08. The fourth-order valence-electron chi connectivity index (χ4n) is 4.23. The third-order valence-electron chi connectivity index (χ3n) is 5.88. The molecule has 0 atom stereocenters. The van der Waals surface area contributed by atoms with E-state index in [0.717, 1.165) is 29.7 Å².